The molecule has 0 saturated carbocycles. The van der Waals surface area contributed by atoms with Crippen molar-refractivity contribution in [3.8, 4) is 62.0 Å². The second-order valence-electron chi connectivity index (χ2n) is 18.1. The summed E-state index contributed by atoms with van der Waals surface area (Å²) in [6.45, 7) is 8.26. The van der Waals surface area contributed by atoms with E-state index in [-0.39, 0.29) is 16.7 Å². The van der Waals surface area contributed by atoms with Gasteiger partial charge >= 0.3 is 12.4 Å². The van der Waals surface area contributed by atoms with E-state index in [2.05, 4.69) is 98.1 Å². The molecule has 11 rings (SSSR count). The number of alkyl halides is 6. The molecule has 0 aliphatic carbocycles. The van der Waals surface area contributed by atoms with Crippen LogP contribution < -0.4 is 0 Å². The van der Waals surface area contributed by atoms with Gasteiger partial charge in [-0.1, -0.05) is 108 Å². The smallest absolute Gasteiger partial charge is 0.309 e. The predicted molar refractivity (Wildman–Crippen MR) is 271 cm³/mol. The van der Waals surface area contributed by atoms with E-state index in [9.17, 15) is 31.6 Å². The van der Waals surface area contributed by atoms with Crippen molar-refractivity contribution in [3.05, 3.63) is 215 Å². The lowest BCUT2D eigenvalue weighted by Gasteiger charge is -2.22. The minimum absolute atomic E-state index is 0.179. The quantitative estimate of drug-likeness (QED) is 0.153. The molecule has 0 N–H and O–H groups in total. The van der Waals surface area contributed by atoms with Crippen LogP contribution in [0.1, 0.15) is 38.9 Å². The van der Waals surface area contributed by atoms with Crippen LogP contribution in [0.15, 0.2) is 176 Å². The largest absolute Gasteiger partial charge is 0.417 e. The number of nitriles is 1. The number of para-hydroxylation sites is 2. The van der Waals surface area contributed by atoms with E-state index in [1.54, 1.807) is 12.1 Å². The first-order valence-corrected chi connectivity index (χ1v) is 22.8. The normalized spacial score (nSPS) is 12.1. The summed E-state index contributed by atoms with van der Waals surface area (Å²) in [5.74, 6) is 0. The minimum atomic E-state index is -5.12. The highest BCUT2D eigenvalue weighted by atomic mass is 19.4. The zero-order chi connectivity index (χ0) is 48.8. The summed E-state index contributed by atoms with van der Waals surface area (Å²) in [7, 11) is 0. The predicted octanol–water partition coefficient (Wildman–Crippen LogP) is 17.7. The Morgan fingerprint density at radius 3 is 1.43 bits per heavy atom. The van der Waals surface area contributed by atoms with Crippen LogP contribution in [-0.2, 0) is 12.4 Å². The fraction of sp³-hybridized carbons (Fsp3) is 0.0984. The van der Waals surface area contributed by atoms with Gasteiger partial charge in [-0.15, -0.1) is 0 Å². The average molecular weight is 930 g/mol. The molecule has 0 radical (unpaired) electrons. The summed E-state index contributed by atoms with van der Waals surface area (Å²) >= 11 is 0. The molecular formula is C61H41F6N3. The van der Waals surface area contributed by atoms with Crippen LogP contribution >= 0.6 is 0 Å². The summed E-state index contributed by atoms with van der Waals surface area (Å²) in [4.78, 5) is 0. The molecule has 2 heterocycles. The van der Waals surface area contributed by atoms with Gasteiger partial charge in [0.1, 0.15) is 0 Å². The topological polar surface area (TPSA) is 33.6 Å². The molecule has 9 heteroatoms. The number of hydrogen-bond donors (Lipinski definition) is 0. The monoisotopic (exact) mass is 929 g/mol. The summed E-state index contributed by atoms with van der Waals surface area (Å²) < 4.78 is 93.5. The fourth-order valence-corrected chi connectivity index (χ4v) is 10.5. The molecule has 0 atom stereocenters. The summed E-state index contributed by atoms with van der Waals surface area (Å²) in [6.07, 6.45) is -10.2. The SMILES string of the molecule is Cc1ccc(-c2ccc3c(c2)c2ccccc2n3-c2ccc(C#N)c(-c3cc(-c4c(C(F)(F)F)cccc4C(F)(F)F)ccc3-n3c4ccccc4c4cc(-c5ccc(C)cc5C)ccc43)c2)c(C)c1. The molecule has 0 saturated heterocycles. The Bertz CT molecular complexity index is 3960. The van der Waals surface area contributed by atoms with Crippen LogP contribution in [0, 0.1) is 39.0 Å². The number of hydrogen-bond acceptors (Lipinski definition) is 1. The van der Waals surface area contributed by atoms with Gasteiger partial charge in [0, 0.05) is 43.9 Å². The Labute approximate surface area is 399 Å². The van der Waals surface area contributed by atoms with Crippen LogP contribution in [0.3, 0.4) is 0 Å². The highest BCUT2D eigenvalue weighted by molar-refractivity contribution is 6.12. The molecule has 2 aromatic heterocycles. The standard InChI is InChI=1S/C61H41F6N3/c1-35-16-23-44(37(3)28-35)39-19-25-56-49(30-39)46-10-5-7-14-54(46)69(56)43-22-18-42(34-68)48(33-43)51-32-41(59-52(60(62,63)64)12-9-13-53(59)61(65,66)67)21-27-58(51)70-55-15-8-6-11-47(55)50-31-40(20-26-57(50)70)45-24-17-36(2)29-38(45)4/h5-33H,1-4H3. The van der Waals surface area contributed by atoms with Gasteiger partial charge in [0.25, 0.3) is 0 Å². The van der Waals surface area contributed by atoms with Crippen molar-refractivity contribution in [2.75, 3.05) is 0 Å². The van der Waals surface area contributed by atoms with Crippen LogP contribution in [0.2, 0.25) is 0 Å². The maximum atomic E-state index is 14.9. The lowest BCUT2D eigenvalue weighted by molar-refractivity contribution is -0.142. The van der Waals surface area contributed by atoms with Crippen molar-refractivity contribution in [2.24, 2.45) is 0 Å². The van der Waals surface area contributed by atoms with E-state index >= 15 is 0 Å². The summed E-state index contributed by atoms with van der Waals surface area (Å²) in [5.41, 5.74) is 9.71. The van der Waals surface area contributed by atoms with Gasteiger partial charge in [0.2, 0.25) is 0 Å². The van der Waals surface area contributed by atoms with Crippen LogP contribution in [-0.4, -0.2) is 9.13 Å². The Hall–Kier alpha value is -8.35. The molecule has 11 aromatic rings. The molecule has 3 nitrogen and oxygen atoms in total. The molecule has 0 fully saturated rings. The van der Waals surface area contributed by atoms with Crippen molar-refractivity contribution in [1.82, 2.24) is 9.13 Å². The van der Waals surface area contributed by atoms with Gasteiger partial charge in [0.15, 0.2) is 0 Å². The second-order valence-corrected chi connectivity index (χ2v) is 18.1. The molecule has 0 unspecified atom stereocenters. The molecular weight excluding hydrogens is 889 g/mol. The number of nitrogens with zero attached hydrogens (tertiary/aromatic N) is 3. The van der Waals surface area contributed by atoms with Crippen molar-refractivity contribution in [3.63, 3.8) is 0 Å². The molecule has 0 bridgehead atoms. The highest BCUT2D eigenvalue weighted by Gasteiger charge is 2.41. The third-order valence-corrected chi connectivity index (χ3v) is 13.6. The molecule has 9 aromatic carbocycles. The first-order valence-electron chi connectivity index (χ1n) is 22.8. The lowest BCUT2D eigenvalue weighted by Crippen LogP contribution is -2.14. The van der Waals surface area contributed by atoms with Crippen LogP contribution in [0.25, 0.3) is 99.5 Å². The molecule has 0 amide bonds. The van der Waals surface area contributed by atoms with Gasteiger partial charge in [-0.05, 0) is 146 Å². The lowest BCUT2D eigenvalue weighted by atomic mass is 9.89. The maximum Gasteiger partial charge on any atom is 0.417 e. The third-order valence-electron chi connectivity index (χ3n) is 13.6. The Balaban J connectivity index is 1.21. The number of aryl methyl sites for hydroxylation is 4. The number of benzene rings is 9. The second kappa shape index (κ2) is 16.4. The Morgan fingerprint density at radius 1 is 0.400 bits per heavy atom. The van der Waals surface area contributed by atoms with E-state index < -0.39 is 29.0 Å². The zero-order valence-electron chi connectivity index (χ0n) is 38.4. The molecule has 0 aliphatic heterocycles. The number of rotatable bonds is 6. The summed E-state index contributed by atoms with van der Waals surface area (Å²) in [5, 5.41) is 14.6. The van der Waals surface area contributed by atoms with E-state index in [1.807, 2.05) is 78.2 Å². The highest BCUT2D eigenvalue weighted by Crippen LogP contribution is 2.48. The van der Waals surface area contributed by atoms with E-state index in [4.69, 9.17) is 0 Å². The van der Waals surface area contributed by atoms with E-state index in [0.29, 0.717) is 29.1 Å². The molecule has 0 aliphatic rings. The summed E-state index contributed by atoms with van der Waals surface area (Å²) in [6, 6.07) is 54.8. The van der Waals surface area contributed by atoms with Gasteiger partial charge < -0.3 is 9.13 Å². The fourth-order valence-electron chi connectivity index (χ4n) is 10.5. The van der Waals surface area contributed by atoms with Crippen molar-refractivity contribution < 1.29 is 26.3 Å². The average Bonchev–Trinajstić information content (AvgIpc) is 3.85. The van der Waals surface area contributed by atoms with E-state index in [0.717, 1.165) is 94.2 Å². The molecule has 342 valence electrons. The Kier molecular flexibility index (Phi) is 10.4. The number of aromatic nitrogens is 2. The molecule has 70 heavy (non-hydrogen) atoms. The number of fused-ring (bicyclic) bond motifs is 6. The van der Waals surface area contributed by atoms with Gasteiger partial charge in [-0.25, -0.2) is 0 Å². The van der Waals surface area contributed by atoms with Crippen molar-refractivity contribution in [2.45, 2.75) is 40.0 Å². The Morgan fingerprint density at radius 2 is 0.900 bits per heavy atom. The maximum absolute atomic E-state index is 14.9. The van der Waals surface area contributed by atoms with Crippen LogP contribution in [0.4, 0.5) is 26.3 Å². The van der Waals surface area contributed by atoms with Crippen LogP contribution in [0.5, 0.6) is 0 Å². The zero-order valence-corrected chi connectivity index (χ0v) is 38.4. The first-order chi connectivity index (χ1) is 33.6. The van der Waals surface area contributed by atoms with Gasteiger partial charge in [-0.2, -0.15) is 31.6 Å². The van der Waals surface area contributed by atoms with Crippen molar-refractivity contribution >= 4 is 43.6 Å². The third kappa shape index (κ3) is 7.30. The number of halogens is 6. The van der Waals surface area contributed by atoms with E-state index in [1.165, 1.54) is 12.1 Å². The first kappa shape index (κ1) is 44.2. The van der Waals surface area contributed by atoms with Gasteiger partial charge in [0.05, 0.1) is 50.5 Å². The molecule has 0 spiro atoms. The minimum Gasteiger partial charge on any atom is -0.309 e. The van der Waals surface area contributed by atoms with Crippen molar-refractivity contribution in [1.29, 1.82) is 5.26 Å². The van der Waals surface area contributed by atoms with Gasteiger partial charge in [-0.3, -0.25) is 0 Å².